The highest BCUT2D eigenvalue weighted by molar-refractivity contribution is 5.95. The van der Waals surface area contributed by atoms with Crippen LogP contribution in [0, 0.1) is 0 Å². The fourth-order valence-corrected chi connectivity index (χ4v) is 4.13. The molecular weight excluding hydrogens is 308 g/mol. The van der Waals surface area contributed by atoms with Gasteiger partial charge < -0.3 is 14.5 Å². The van der Waals surface area contributed by atoms with Crippen molar-refractivity contribution in [2.45, 2.75) is 43.2 Å². The van der Waals surface area contributed by atoms with Gasteiger partial charge in [0.2, 0.25) is 5.91 Å². The quantitative estimate of drug-likeness (QED) is 0.818. The van der Waals surface area contributed by atoms with E-state index in [4.69, 9.17) is 4.74 Å². The van der Waals surface area contributed by atoms with Gasteiger partial charge >= 0.3 is 0 Å². The topological polar surface area (TPSA) is 67.7 Å². The van der Waals surface area contributed by atoms with Gasteiger partial charge in [-0.3, -0.25) is 14.3 Å². The van der Waals surface area contributed by atoms with Crippen LogP contribution in [0.4, 0.5) is 0 Å². The summed E-state index contributed by atoms with van der Waals surface area (Å²) in [5.74, 6) is 0.177. The van der Waals surface area contributed by atoms with Crippen LogP contribution in [0.3, 0.4) is 0 Å². The molecule has 0 aromatic carbocycles. The number of methoxy groups -OCH3 is 1. The van der Waals surface area contributed by atoms with Gasteiger partial charge in [-0.05, 0) is 25.7 Å². The molecule has 1 saturated carbocycles. The summed E-state index contributed by atoms with van der Waals surface area (Å²) in [5, 5.41) is 4.07. The number of ether oxygens (including phenoxy) is 1. The molecular formula is C17H24N4O3. The molecule has 2 amide bonds. The second-order valence-corrected chi connectivity index (χ2v) is 7.50. The van der Waals surface area contributed by atoms with Gasteiger partial charge in [-0.2, -0.15) is 5.10 Å². The zero-order valence-electron chi connectivity index (χ0n) is 14.3. The van der Waals surface area contributed by atoms with Gasteiger partial charge in [-0.1, -0.05) is 0 Å². The molecule has 7 heteroatoms. The Bertz CT molecular complexity index is 668. The Kier molecular flexibility index (Phi) is 3.46. The average molecular weight is 332 g/mol. The lowest BCUT2D eigenvalue weighted by atomic mass is 9.74. The summed E-state index contributed by atoms with van der Waals surface area (Å²) in [6.45, 7) is 2.06. The number of hydrogen-bond acceptors (Lipinski definition) is 4. The maximum absolute atomic E-state index is 12.6. The molecule has 130 valence electrons. The fraction of sp³-hybridized carbons (Fsp3) is 0.706. The number of aromatic nitrogens is 2. The van der Waals surface area contributed by atoms with Crippen molar-refractivity contribution < 1.29 is 14.3 Å². The Morgan fingerprint density at radius 1 is 1.29 bits per heavy atom. The first-order valence-corrected chi connectivity index (χ1v) is 8.61. The molecule has 0 unspecified atom stereocenters. The van der Waals surface area contributed by atoms with Crippen LogP contribution in [0.15, 0.2) is 12.4 Å². The van der Waals surface area contributed by atoms with Crippen LogP contribution in [0.5, 0.6) is 0 Å². The van der Waals surface area contributed by atoms with Crippen LogP contribution in [-0.4, -0.2) is 69.3 Å². The fourth-order valence-electron chi connectivity index (χ4n) is 4.13. The SMILES string of the molecule is COC1(CC(=O)N2CC3(CCN3C(=O)c3cnn(C)c3)C2)CCC1. The predicted molar refractivity (Wildman–Crippen MR) is 86.4 cm³/mol. The third-order valence-corrected chi connectivity index (χ3v) is 6.06. The van der Waals surface area contributed by atoms with Crippen molar-refractivity contribution in [2.75, 3.05) is 26.7 Å². The Labute approximate surface area is 141 Å². The minimum Gasteiger partial charge on any atom is -0.378 e. The lowest BCUT2D eigenvalue weighted by Crippen LogP contribution is -2.78. The van der Waals surface area contributed by atoms with Gasteiger partial charge in [0.05, 0.1) is 29.3 Å². The summed E-state index contributed by atoms with van der Waals surface area (Å²) in [6.07, 6.45) is 7.87. The van der Waals surface area contributed by atoms with Gasteiger partial charge in [0.15, 0.2) is 0 Å². The Hall–Kier alpha value is -1.89. The van der Waals surface area contributed by atoms with Crippen LogP contribution in [0.1, 0.15) is 42.5 Å². The minimum atomic E-state index is -0.231. The number of likely N-dealkylation sites (tertiary alicyclic amines) is 2. The van der Waals surface area contributed by atoms with E-state index >= 15 is 0 Å². The van der Waals surface area contributed by atoms with E-state index in [-0.39, 0.29) is 23.0 Å². The van der Waals surface area contributed by atoms with Crippen molar-refractivity contribution in [3.63, 3.8) is 0 Å². The smallest absolute Gasteiger partial charge is 0.257 e. The Morgan fingerprint density at radius 3 is 2.50 bits per heavy atom. The molecule has 24 heavy (non-hydrogen) atoms. The third kappa shape index (κ3) is 2.25. The first kappa shape index (κ1) is 15.6. The van der Waals surface area contributed by atoms with Crippen molar-refractivity contribution in [1.29, 1.82) is 0 Å². The highest BCUT2D eigenvalue weighted by Gasteiger charge is 2.57. The van der Waals surface area contributed by atoms with Crippen LogP contribution in [0.2, 0.25) is 0 Å². The molecule has 0 bridgehead atoms. The number of amides is 2. The molecule has 1 spiro atoms. The van der Waals surface area contributed by atoms with Crippen LogP contribution < -0.4 is 0 Å². The van der Waals surface area contributed by atoms with Crippen LogP contribution in [-0.2, 0) is 16.6 Å². The van der Waals surface area contributed by atoms with E-state index in [2.05, 4.69) is 5.10 Å². The molecule has 2 aliphatic heterocycles. The highest BCUT2D eigenvalue weighted by Crippen LogP contribution is 2.43. The standard InChI is InChI=1S/C17H24N4O3/c1-19-10-13(9-18-19)15(23)21-7-6-16(21)11-20(12-16)14(22)8-17(24-2)4-3-5-17/h9-10H,3-8,11-12H2,1-2H3. The summed E-state index contributed by atoms with van der Waals surface area (Å²) in [5.41, 5.74) is 0.238. The molecule has 0 atom stereocenters. The van der Waals surface area contributed by atoms with E-state index in [1.165, 1.54) is 0 Å². The van der Waals surface area contributed by atoms with Crippen molar-refractivity contribution in [1.82, 2.24) is 19.6 Å². The van der Waals surface area contributed by atoms with E-state index in [1.54, 1.807) is 31.2 Å². The number of carbonyl (C=O) groups excluding carboxylic acids is 2. The van der Waals surface area contributed by atoms with Gasteiger partial charge in [-0.15, -0.1) is 0 Å². The number of rotatable bonds is 4. The number of hydrogen-bond donors (Lipinski definition) is 0. The maximum Gasteiger partial charge on any atom is 0.257 e. The summed E-state index contributed by atoms with van der Waals surface area (Å²) in [6, 6.07) is 0. The molecule has 0 radical (unpaired) electrons. The van der Waals surface area contributed by atoms with E-state index in [0.717, 1.165) is 32.2 Å². The molecule has 3 heterocycles. The molecule has 1 aromatic heterocycles. The Morgan fingerprint density at radius 2 is 2.04 bits per heavy atom. The third-order valence-electron chi connectivity index (χ3n) is 6.06. The van der Waals surface area contributed by atoms with Crippen LogP contribution >= 0.6 is 0 Å². The largest absolute Gasteiger partial charge is 0.378 e. The van der Waals surface area contributed by atoms with E-state index < -0.39 is 0 Å². The monoisotopic (exact) mass is 332 g/mol. The number of nitrogens with zero attached hydrogens (tertiary/aromatic N) is 4. The predicted octanol–water partition coefficient (Wildman–Crippen LogP) is 0.806. The second-order valence-electron chi connectivity index (χ2n) is 7.50. The van der Waals surface area contributed by atoms with Gasteiger partial charge in [-0.25, -0.2) is 0 Å². The average Bonchev–Trinajstić information content (AvgIpc) is 2.87. The lowest BCUT2D eigenvalue weighted by molar-refractivity contribution is -0.164. The zero-order chi connectivity index (χ0) is 16.9. The maximum atomic E-state index is 12.6. The number of aryl methyl sites for hydroxylation is 1. The minimum absolute atomic E-state index is 0.0220. The summed E-state index contributed by atoms with van der Waals surface area (Å²) in [4.78, 5) is 28.9. The highest BCUT2D eigenvalue weighted by atomic mass is 16.5. The van der Waals surface area contributed by atoms with Gasteiger partial charge in [0, 0.05) is 40.0 Å². The Balaban J connectivity index is 1.36. The van der Waals surface area contributed by atoms with E-state index in [0.29, 0.717) is 25.1 Å². The molecule has 1 aliphatic carbocycles. The van der Waals surface area contributed by atoms with Gasteiger partial charge in [0.25, 0.3) is 5.91 Å². The molecule has 1 aromatic rings. The summed E-state index contributed by atoms with van der Waals surface area (Å²) < 4.78 is 7.19. The van der Waals surface area contributed by atoms with E-state index in [1.807, 2.05) is 9.80 Å². The van der Waals surface area contributed by atoms with Crippen LogP contribution in [0.25, 0.3) is 0 Å². The first-order chi connectivity index (χ1) is 11.5. The second kappa shape index (κ2) is 5.31. The van der Waals surface area contributed by atoms with Crippen molar-refractivity contribution in [3.8, 4) is 0 Å². The molecule has 0 N–H and O–H groups in total. The molecule has 3 aliphatic rings. The number of carbonyl (C=O) groups is 2. The van der Waals surface area contributed by atoms with Crippen molar-refractivity contribution in [3.05, 3.63) is 18.0 Å². The molecule has 3 fully saturated rings. The molecule has 2 saturated heterocycles. The lowest BCUT2D eigenvalue weighted by Gasteiger charge is -2.62. The van der Waals surface area contributed by atoms with Crippen molar-refractivity contribution in [2.24, 2.45) is 7.05 Å². The first-order valence-electron chi connectivity index (χ1n) is 8.61. The normalized spacial score (nSPS) is 23.4. The van der Waals surface area contributed by atoms with E-state index in [9.17, 15) is 9.59 Å². The molecule has 7 nitrogen and oxygen atoms in total. The summed E-state index contributed by atoms with van der Waals surface area (Å²) >= 11 is 0. The van der Waals surface area contributed by atoms with Crippen molar-refractivity contribution >= 4 is 11.8 Å². The summed E-state index contributed by atoms with van der Waals surface area (Å²) in [7, 11) is 3.50. The zero-order valence-corrected chi connectivity index (χ0v) is 14.3. The molecule has 4 rings (SSSR count). The van der Waals surface area contributed by atoms with Gasteiger partial charge in [0.1, 0.15) is 0 Å².